The molecule has 0 radical (unpaired) electrons. The smallest absolute Gasteiger partial charge is 0.482 e. The SMILES string of the molecule is Cc1ccc(OC(=O)OC[C@@H](O)[C@@H](O)[C@H](O)[C@@H](O)COC(=O)Oc2ccc3c4c2O[C@H]2C(=O)CC[C@@]5(O)C(C)N(CC6CC6)C3C[C@]425)c2c1[C@]13CCN(CC4CC4)C(C)[C@]1(O)CCC(O)[C@@H]3O2. The Bertz CT molecular complexity index is 2360. The Morgan fingerprint density at radius 3 is 2.00 bits per heavy atom. The van der Waals surface area contributed by atoms with Crippen molar-refractivity contribution in [1.29, 1.82) is 0 Å². The second-order valence-corrected chi connectivity index (χ2v) is 21.2. The van der Waals surface area contributed by atoms with Crippen molar-refractivity contribution in [2.45, 2.75) is 168 Å². The molecule has 14 atom stereocenters. The van der Waals surface area contributed by atoms with Crippen LogP contribution in [0.1, 0.15) is 106 Å². The summed E-state index contributed by atoms with van der Waals surface area (Å²) in [5.74, 6) is 1.39. The molecule has 2 bridgehead atoms. The molecule has 2 spiro atoms. The maximum atomic E-state index is 13.4. The van der Waals surface area contributed by atoms with Crippen LogP contribution in [-0.2, 0) is 25.1 Å². The number of aryl methyl sites for hydroxylation is 1. The monoisotopic (exact) mass is 934 g/mol. The number of aliphatic hydroxyl groups is 7. The van der Waals surface area contributed by atoms with Crippen molar-refractivity contribution >= 4 is 18.1 Å². The van der Waals surface area contributed by atoms with Crippen LogP contribution in [0, 0.1) is 18.8 Å². The Balaban J connectivity index is 0.710. The molecule has 4 aliphatic heterocycles. The van der Waals surface area contributed by atoms with Crippen molar-refractivity contribution in [3.8, 4) is 23.0 Å². The summed E-state index contributed by atoms with van der Waals surface area (Å²) in [5, 5.41) is 79.3. The number of hydrogen-bond donors (Lipinski definition) is 7. The van der Waals surface area contributed by atoms with Gasteiger partial charge >= 0.3 is 12.3 Å². The van der Waals surface area contributed by atoms with E-state index < -0.39 is 90.3 Å². The van der Waals surface area contributed by atoms with Crippen LogP contribution in [0.2, 0.25) is 0 Å². The third-order valence-corrected chi connectivity index (χ3v) is 17.7. The van der Waals surface area contributed by atoms with Gasteiger partial charge in [0.2, 0.25) is 0 Å². The number of carbonyl (C=O) groups is 3. The molecule has 364 valence electrons. The van der Waals surface area contributed by atoms with E-state index in [0.29, 0.717) is 55.2 Å². The van der Waals surface area contributed by atoms with E-state index in [-0.39, 0.29) is 59.7 Å². The molecular formula is C49H62N2O16. The number of ether oxygens (including phenoxy) is 6. The summed E-state index contributed by atoms with van der Waals surface area (Å²) < 4.78 is 34.1. The summed E-state index contributed by atoms with van der Waals surface area (Å²) in [6.07, 6.45) is -6.45. The molecule has 11 rings (SSSR count). The Hall–Kier alpha value is -4.11. The van der Waals surface area contributed by atoms with Crippen molar-refractivity contribution in [2.75, 3.05) is 32.8 Å². The minimum atomic E-state index is -2.09. The lowest BCUT2D eigenvalue weighted by Crippen LogP contribution is -2.74. The average molecular weight is 935 g/mol. The Labute approximate surface area is 387 Å². The quantitative estimate of drug-likeness (QED) is 0.112. The average Bonchev–Trinajstić information content (AvgIpc) is 4.22. The molecule has 0 aromatic heterocycles. The molecule has 6 fully saturated rings. The number of ketones is 1. The highest BCUT2D eigenvalue weighted by Gasteiger charge is 2.76. The number of fused-ring (bicyclic) bond motifs is 3. The number of nitrogens with zero attached hydrogens (tertiary/aromatic N) is 2. The third-order valence-electron chi connectivity index (χ3n) is 17.7. The van der Waals surface area contributed by atoms with Crippen LogP contribution in [0.5, 0.6) is 23.0 Å². The summed E-state index contributed by atoms with van der Waals surface area (Å²) in [6.45, 7) is 6.61. The molecule has 2 saturated heterocycles. The standard InChI is InChI=1S/C49H62N2O16/c1-23-4-10-34(40-36(23)46-16-17-50(19-26-5-6-26)24(2)48(46,60)14-12-30(52)42(46)66-40)64-44(58)62-21-32(54)38(56)39(57)33(55)22-63-45(59)65-35-11-9-28-29-18-47-37(28)41(35)67-43(47)31(53)13-15-49(47,61)25(3)51(29)20-27-7-8-27/h4,9-11,24-27,29-30,32-33,38-39,42-43,52,54-57,60-61H,5-8,12-22H2,1-3H3/t24?,25?,29?,30?,32-,33+,38-,39-,42+,43+,46+,47+,48-,49-/m1/s1. The first-order valence-electron chi connectivity index (χ1n) is 24.1. The number of carbonyl (C=O) groups excluding carboxylic acids is 3. The predicted molar refractivity (Wildman–Crippen MR) is 232 cm³/mol. The summed E-state index contributed by atoms with van der Waals surface area (Å²) in [4.78, 5) is 44.2. The summed E-state index contributed by atoms with van der Waals surface area (Å²) in [6, 6.07) is 6.13. The summed E-state index contributed by atoms with van der Waals surface area (Å²) in [7, 11) is 0. The zero-order valence-electron chi connectivity index (χ0n) is 38.0. The van der Waals surface area contributed by atoms with Crippen LogP contribution in [0.3, 0.4) is 0 Å². The number of piperidine rings is 2. The highest BCUT2D eigenvalue weighted by Crippen LogP contribution is 2.70. The number of rotatable bonds is 13. The number of Topliss-reactive ketones (excluding diaryl/α,β-unsaturated/α-hetero) is 1. The molecule has 5 aliphatic carbocycles. The van der Waals surface area contributed by atoms with E-state index in [1.165, 1.54) is 18.9 Å². The summed E-state index contributed by atoms with van der Waals surface area (Å²) >= 11 is 0. The van der Waals surface area contributed by atoms with Crippen LogP contribution in [0.4, 0.5) is 9.59 Å². The van der Waals surface area contributed by atoms with Crippen molar-refractivity contribution in [3.05, 3.63) is 46.5 Å². The van der Waals surface area contributed by atoms with Crippen LogP contribution in [0.25, 0.3) is 0 Å². The first kappa shape index (κ1) is 45.3. The lowest BCUT2D eigenvalue weighted by Gasteiger charge is -2.60. The van der Waals surface area contributed by atoms with Gasteiger partial charge in [0.05, 0.1) is 28.1 Å². The van der Waals surface area contributed by atoms with Crippen molar-refractivity contribution < 1.29 is 78.6 Å². The van der Waals surface area contributed by atoms with E-state index in [1.807, 2.05) is 26.8 Å². The highest BCUT2D eigenvalue weighted by molar-refractivity contribution is 5.90. The molecule has 4 unspecified atom stereocenters. The van der Waals surface area contributed by atoms with Gasteiger partial charge < -0.3 is 64.2 Å². The van der Waals surface area contributed by atoms with Crippen LogP contribution < -0.4 is 18.9 Å². The van der Waals surface area contributed by atoms with E-state index in [2.05, 4.69) is 9.80 Å². The summed E-state index contributed by atoms with van der Waals surface area (Å²) in [5.41, 5.74) is -1.42. The zero-order valence-corrected chi connectivity index (χ0v) is 38.0. The van der Waals surface area contributed by atoms with Gasteiger partial charge in [-0.2, -0.15) is 0 Å². The van der Waals surface area contributed by atoms with Gasteiger partial charge in [-0.05, 0) is 120 Å². The van der Waals surface area contributed by atoms with Gasteiger partial charge in [-0.15, -0.1) is 0 Å². The highest BCUT2D eigenvalue weighted by atomic mass is 16.7. The van der Waals surface area contributed by atoms with Gasteiger partial charge in [-0.25, -0.2) is 9.59 Å². The predicted octanol–water partition coefficient (Wildman–Crippen LogP) is 2.21. The van der Waals surface area contributed by atoms with E-state index in [0.717, 1.165) is 37.1 Å². The maximum Gasteiger partial charge on any atom is 0.514 e. The molecule has 4 saturated carbocycles. The maximum absolute atomic E-state index is 13.4. The van der Waals surface area contributed by atoms with Crippen molar-refractivity contribution in [3.63, 3.8) is 0 Å². The molecule has 2 aromatic carbocycles. The molecule has 9 aliphatic rings. The minimum Gasteiger partial charge on any atom is -0.482 e. The van der Waals surface area contributed by atoms with E-state index >= 15 is 0 Å². The second-order valence-electron chi connectivity index (χ2n) is 21.2. The molecule has 67 heavy (non-hydrogen) atoms. The van der Waals surface area contributed by atoms with E-state index in [1.54, 1.807) is 12.1 Å². The lowest BCUT2D eigenvalue weighted by atomic mass is 9.52. The fourth-order valence-corrected chi connectivity index (χ4v) is 13.8. The Morgan fingerprint density at radius 1 is 0.761 bits per heavy atom. The molecular weight excluding hydrogens is 873 g/mol. The van der Waals surface area contributed by atoms with Crippen molar-refractivity contribution in [1.82, 2.24) is 9.80 Å². The van der Waals surface area contributed by atoms with Gasteiger partial charge in [0, 0.05) is 48.8 Å². The molecule has 18 heteroatoms. The second kappa shape index (κ2) is 16.0. The first-order chi connectivity index (χ1) is 31.9. The lowest BCUT2D eigenvalue weighted by molar-refractivity contribution is -0.199. The largest absolute Gasteiger partial charge is 0.514 e. The molecule has 4 heterocycles. The van der Waals surface area contributed by atoms with Gasteiger partial charge in [0.1, 0.15) is 43.7 Å². The molecule has 18 nitrogen and oxygen atoms in total. The number of aliphatic hydroxyl groups excluding tert-OH is 5. The minimum absolute atomic E-state index is 0.0208. The van der Waals surface area contributed by atoms with Gasteiger partial charge in [-0.1, -0.05) is 12.1 Å². The van der Waals surface area contributed by atoms with E-state index in [9.17, 15) is 50.1 Å². The number of hydrogen-bond acceptors (Lipinski definition) is 18. The third kappa shape index (κ3) is 6.64. The normalized spacial score (nSPS) is 37.4. The van der Waals surface area contributed by atoms with E-state index in [4.69, 9.17) is 28.4 Å². The fourth-order valence-electron chi connectivity index (χ4n) is 13.8. The van der Waals surface area contributed by atoms with Gasteiger partial charge in [-0.3, -0.25) is 14.6 Å². The first-order valence-corrected chi connectivity index (χ1v) is 24.1. The number of benzene rings is 2. The molecule has 7 N–H and O–H groups in total. The van der Waals surface area contributed by atoms with Crippen LogP contribution >= 0.6 is 0 Å². The van der Waals surface area contributed by atoms with Crippen molar-refractivity contribution in [2.24, 2.45) is 11.8 Å². The Kier molecular flexibility index (Phi) is 10.8. The zero-order chi connectivity index (χ0) is 47.1. The molecule has 0 amide bonds. The van der Waals surface area contributed by atoms with Gasteiger partial charge in [0.25, 0.3) is 0 Å². The molecule has 2 aromatic rings. The van der Waals surface area contributed by atoms with Crippen LogP contribution in [-0.4, -0.2) is 163 Å². The Morgan fingerprint density at radius 2 is 1.36 bits per heavy atom. The number of likely N-dealkylation sites (tertiary alicyclic amines) is 2. The van der Waals surface area contributed by atoms with Gasteiger partial charge in [0.15, 0.2) is 34.9 Å². The topological polar surface area (TPSA) is 255 Å². The fraction of sp³-hybridized carbons (Fsp3) is 0.694. The van der Waals surface area contributed by atoms with Crippen LogP contribution in [0.15, 0.2) is 24.3 Å².